The zero-order chi connectivity index (χ0) is 18.3. The summed E-state index contributed by atoms with van der Waals surface area (Å²) in [5, 5.41) is 2.08. The molecular formula is C21H24N2O2S. The highest BCUT2D eigenvalue weighted by Crippen LogP contribution is 2.36. The fourth-order valence-electron chi connectivity index (χ4n) is 3.89. The van der Waals surface area contributed by atoms with Crippen LogP contribution >= 0.6 is 11.8 Å². The van der Waals surface area contributed by atoms with E-state index in [-0.39, 0.29) is 5.63 Å². The average molecular weight is 369 g/mol. The summed E-state index contributed by atoms with van der Waals surface area (Å²) in [4.78, 5) is 16.8. The lowest BCUT2D eigenvalue weighted by atomic mass is 10.1. The Hall–Kier alpha value is -2.01. The van der Waals surface area contributed by atoms with E-state index < -0.39 is 0 Å². The highest BCUT2D eigenvalue weighted by atomic mass is 32.2. The van der Waals surface area contributed by atoms with Crippen LogP contribution in [0.3, 0.4) is 0 Å². The molecule has 2 aromatic heterocycles. The van der Waals surface area contributed by atoms with Gasteiger partial charge in [0.15, 0.2) is 5.16 Å². The van der Waals surface area contributed by atoms with Crippen molar-refractivity contribution >= 4 is 22.7 Å². The fourth-order valence-corrected chi connectivity index (χ4v) is 5.04. The number of aryl methyl sites for hydroxylation is 2. The van der Waals surface area contributed by atoms with Crippen molar-refractivity contribution in [2.45, 2.75) is 63.4 Å². The molecule has 136 valence electrons. The molecule has 3 aromatic rings. The lowest BCUT2D eigenvalue weighted by molar-refractivity contribution is 0.471. The molecule has 0 N–H and O–H groups in total. The molecule has 2 heterocycles. The number of imidazole rings is 1. The van der Waals surface area contributed by atoms with Crippen LogP contribution in [0.1, 0.15) is 54.2 Å². The van der Waals surface area contributed by atoms with Gasteiger partial charge in [-0.05, 0) is 50.8 Å². The van der Waals surface area contributed by atoms with Crippen molar-refractivity contribution in [2.24, 2.45) is 0 Å². The van der Waals surface area contributed by atoms with E-state index in [1.807, 2.05) is 19.1 Å². The molecule has 4 nitrogen and oxygen atoms in total. The number of hydrogen-bond donors (Lipinski definition) is 0. The molecule has 0 spiro atoms. The van der Waals surface area contributed by atoms with Crippen molar-refractivity contribution in [3.63, 3.8) is 0 Å². The first-order valence-electron chi connectivity index (χ1n) is 9.24. The summed E-state index contributed by atoms with van der Waals surface area (Å²) in [5.41, 5.74) is 4.86. The molecule has 0 aliphatic heterocycles. The van der Waals surface area contributed by atoms with E-state index in [1.165, 1.54) is 31.4 Å². The third-order valence-electron chi connectivity index (χ3n) is 5.39. The van der Waals surface area contributed by atoms with Gasteiger partial charge in [-0.15, -0.1) is 0 Å². The van der Waals surface area contributed by atoms with Crippen molar-refractivity contribution in [2.75, 3.05) is 0 Å². The van der Waals surface area contributed by atoms with Crippen molar-refractivity contribution < 1.29 is 4.42 Å². The van der Waals surface area contributed by atoms with E-state index in [0.717, 1.165) is 27.4 Å². The summed E-state index contributed by atoms with van der Waals surface area (Å²) in [5.74, 6) is 0.716. The summed E-state index contributed by atoms with van der Waals surface area (Å²) in [6.07, 6.45) is 5.08. The number of nitrogens with zero attached hydrogens (tertiary/aromatic N) is 2. The Morgan fingerprint density at radius 1 is 1.19 bits per heavy atom. The Balaban J connectivity index is 1.67. The van der Waals surface area contributed by atoms with Crippen LogP contribution in [0.4, 0.5) is 0 Å². The Kier molecular flexibility index (Phi) is 4.65. The van der Waals surface area contributed by atoms with Gasteiger partial charge >= 0.3 is 5.63 Å². The quantitative estimate of drug-likeness (QED) is 0.462. The molecule has 0 amide bonds. The van der Waals surface area contributed by atoms with Gasteiger partial charge in [0.1, 0.15) is 5.58 Å². The third-order valence-corrected chi connectivity index (χ3v) is 6.39. The van der Waals surface area contributed by atoms with Gasteiger partial charge in [0.25, 0.3) is 0 Å². The number of fused-ring (bicyclic) bond motifs is 1. The van der Waals surface area contributed by atoms with E-state index in [9.17, 15) is 4.79 Å². The lowest BCUT2D eigenvalue weighted by Crippen LogP contribution is -2.08. The summed E-state index contributed by atoms with van der Waals surface area (Å²) in [6, 6.07) is 8.22. The van der Waals surface area contributed by atoms with Crippen LogP contribution in [0.5, 0.6) is 0 Å². The predicted molar refractivity (Wildman–Crippen MR) is 106 cm³/mol. The van der Waals surface area contributed by atoms with E-state index in [1.54, 1.807) is 17.8 Å². The van der Waals surface area contributed by atoms with Crippen LogP contribution in [0.25, 0.3) is 11.0 Å². The van der Waals surface area contributed by atoms with Crippen LogP contribution < -0.4 is 5.63 Å². The number of benzene rings is 1. The highest BCUT2D eigenvalue weighted by Gasteiger charge is 2.23. The minimum Gasteiger partial charge on any atom is -0.423 e. The monoisotopic (exact) mass is 368 g/mol. The van der Waals surface area contributed by atoms with Crippen LogP contribution in [0, 0.1) is 20.8 Å². The topological polar surface area (TPSA) is 48.0 Å². The Morgan fingerprint density at radius 2 is 1.96 bits per heavy atom. The van der Waals surface area contributed by atoms with Crippen molar-refractivity contribution in [1.29, 1.82) is 0 Å². The molecular weight excluding hydrogens is 344 g/mol. The SMILES string of the molecule is Cc1ccc2c(CSc3nc(C)c(C)n3C3CCCC3)cc(=O)oc2c1. The Bertz CT molecular complexity index is 1010. The summed E-state index contributed by atoms with van der Waals surface area (Å²) < 4.78 is 7.80. The maximum absolute atomic E-state index is 12.0. The minimum absolute atomic E-state index is 0.287. The Labute approximate surface area is 157 Å². The van der Waals surface area contributed by atoms with Gasteiger partial charge in [0.05, 0.1) is 5.69 Å². The first-order valence-corrected chi connectivity index (χ1v) is 10.2. The number of rotatable bonds is 4. The van der Waals surface area contributed by atoms with Crippen LogP contribution in [0.15, 0.2) is 38.6 Å². The van der Waals surface area contributed by atoms with Crippen molar-refractivity contribution in [1.82, 2.24) is 9.55 Å². The van der Waals surface area contributed by atoms with Gasteiger partial charge in [-0.25, -0.2) is 9.78 Å². The lowest BCUT2D eigenvalue weighted by Gasteiger charge is -2.17. The molecule has 0 radical (unpaired) electrons. The molecule has 26 heavy (non-hydrogen) atoms. The van der Waals surface area contributed by atoms with Crippen molar-refractivity contribution in [3.8, 4) is 0 Å². The van der Waals surface area contributed by atoms with Crippen LogP contribution in [-0.2, 0) is 5.75 Å². The van der Waals surface area contributed by atoms with Crippen LogP contribution in [-0.4, -0.2) is 9.55 Å². The molecule has 1 aliphatic carbocycles. The highest BCUT2D eigenvalue weighted by molar-refractivity contribution is 7.98. The van der Waals surface area contributed by atoms with Gasteiger partial charge in [0, 0.05) is 28.9 Å². The van der Waals surface area contributed by atoms with Crippen molar-refractivity contribution in [3.05, 3.63) is 57.2 Å². The van der Waals surface area contributed by atoms with E-state index in [0.29, 0.717) is 17.4 Å². The van der Waals surface area contributed by atoms with Gasteiger partial charge in [-0.1, -0.05) is 36.7 Å². The molecule has 1 saturated carbocycles. The summed E-state index contributed by atoms with van der Waals surface area (Å²) in [6.45, 7) is 6.25. The molecule has 1 aromatic carbocycles. The predicted octanol–water partition coefficient (Wildman–Crippen LogP) is 5.32. The van der Waals surface area contributed by atoms with E-state index in [4.69, 9.17) is 9.40 Å². The molecule has 1 aliphatic rings. The first kappa shape index (κ1) is 17.4. The summed E-state index contributed by atoms with van der Waals surface area (Å²) in [7, 11) is 0. The Morgan fingerprint density at radius 3 is 2.73 bits per heavy atom. The number of thioether (sulfide) groups is 1. The normalized spacial score (nSPS) is 15.2. The van der Waals surface area contributed by atoms with Gasteiger partial charge in [-0.2, -0.15) is 0 Å². The van der Waals surface area contributed by atoms with E-state index in [2.05, 4.69) is 24.5 Å². The standard InChI is InChI=1S/C21H24N2O2S/c1-13-8-9-18-16(11-20(24)25-19(18)10-13)12-26-21-22-14(2)15(3)23(21)17-6-4-5-7-17/h8-11,17H,4-7,12H2,1-3H3. The smallest absolute Gasteiger partial charge is 0.336 e. The molecule has 0 saturated heterocycles. The first-order chi connectivity index (χ1) is 12.5. The van der Waals surface area contributed by atoms with Gasteiger partial charge in [-0.3, -0.25) is 0 Å². The van der Waals surface area contributed by atoms with Crippen LogP contribution in [0.2, 0.25) is 0 Å². The third kappa shape index (κ3) is 3.20. The molecule has 5 heteroatoms. The van der Waals surface area contributed by atoms with E-state index >= 15 is 0 Å². The zero-order valence-electron chi connectivity index (χ0n) is 15.5. The largest absolute Gasteiger partial charge is 0.423 e. The second-order valence-corrected chi connectivity index (χ2v) is 8.19. The number of aromatic nitrogens is 2. The van der Waals surface area contributed by atoms with Gasteiger partial charge in [0.2, 0.25) is 0 Å². The maximum atomic E-state index is 12.0. The second kappa shape index (κ2) is 6.95. The van der Waals surface area contributed by atoms with Gasteiger partial charge < -0.3 is 8.98 Å². The second-order valence-electron chi connectivity index (χ2n) is 7.25. The maximum Gasteiger partial charge on any atom is 0.336 e. The average Bonchev–Trinajstić information content (AvgIpc) is 3.21. The number of hydrogen-bond acceptors (Lipinski definition) is 4. The molecule has 4 rings (SSSR count). The zero-order valence-corrected chi connectivity index (χ0v) is 16.4. The fraction of sp³-hybridized carbons (Fsp3) is 0.429. The molecule has 0 bridgehead atoms. The molecule has 1 fully saturated rings. The summed E-state index contributed by atoms with van der Waals surface area (Å²) >= 11 is 1.72. The molecule has 0 atom stereocenters. The minimum atomic E-state index is -0.287. The molecule has 0 unspecified atom stereocenters.